The van der Waals surface area contributed by atoms with Gasteiger partial charge >= 0.3 is 0 Å². The fraction of sp³-hybridized carbons (Fsp3) is 0.0800. The first-order valence-corrected chi connectivity index (χ1v) is 10.3. The van der Waals surface area contributed by atoms with Crippen LogP contribution in [0, 0.1) is 0 Å². The standard InChI is InChI=1S/C25H21N5O2/c1-16-21(24(32)27-19-12-6-3-7-13-19)22(18-11-8-14-20(31)15-18)30-25(26-16)28-23(29-30)17-9-4-2-5-10-17/h2-15,22,31H,1H3,(H,27,32)(H,26,28,29)/t22-/m1/s1. The van der Waals surface area contributed by atoms with Crippen LogP contribution in [0.2, 0.25) is 0 Å². The van der Waals surface area contributed by atoms with E-state index in [1.165, 1.54) is 0 Å². The Kier molecular flexibility index (Phi) is 4.91. The van der Waals surface area contributed by atoms with Crippen LogP contribution in [0.4, 0.5) is 11.6 Å². The number of fused-ring (bicyclic) bond motifs is 1. The van der Waals surface area contributed by atoms with Gasteiger partial charge in [-0.2, -0.15) is 4.98 Å². The molecule has 0 bridgehead atoms. The van der Waals surface area contributed by atoms with E-state index >= 15 is 0 Å². The van der Waals surface area contributed by atoms with Crippen molar-refractivity contribution >= 4 is 17.5 Å². The van der Waals surface area contributed by atoms with Crippen LogP contribution in [0.25, 0.3) is 11.4 Å². The van der Waals surface area contributed by atoms with Gasteiger partial charge in [0.25, 0.3) is 5.91 Å². The Bertz CT molecular complexity index is 1310. The number of para-hydroxylation sites is 1. The van der Waals surface area contributed by atoms with Gasteiger partial charge in [0.15, 0.2) is 5.82 Å². The molecule has 4 aromatic rings. The molecule has 7 nitrogen and oxygen atoms in total. The zero-order chi connectivity index (χ0) is 22.1. The maximum absolute atomic E-state index is 13.4. The fourth-order valence-corrected chi connectivity index (χ4v) is 3.88. The number of carbonyl (C=O) groups excluding carboxylic acids is 1. The van der Waals surface area contributed by atoms with E-state index in [0.29, 0.717) is 28.7 Å². The van der Waals surface area contributed by atoms with E-state index in [0.717, 1.165) is 11.1 Å². The Morgan fingerprint density at radius 2 is 1.72 bits per heavy atom. The minimum absolute atomic E-state index is 0.117. The fourth-order valence-electron chi connectivity index (χ4n) is 3.88. The van der Waals surface area contributed by atoms with Crippen molar-refractivity contribution in [2.24, 2.45) is 0 Å². The number of amides is 1. The minimum Gasteiger partial charge on any atom is -0.508 e. The van der Waals surface area contributed by atoms with Gasteiger partial charge in [-0.25, -0.2) is 4.68 Å². The lowest BCUT2D eigenvalue weighted by atomic mass is 9.95. The molecule has 32 heavy (non-hydrogen) atoms. The molecule has 1 aromatic heterocycles. The Hall–Kier alpha value is -4.39. The summed E-state index contributed by atoms with van der Waals surface area (Å²) in [5, 5.41) is 21.0. The number of aromatic nitrogens is 3. The van der Waals surface area contributed by atoms with Crippen molar-refractivity contribution in [3.05, 3.63) is 102 Å². The summed E-state index contributed by atoms with van der Waals surface area (Å²) in [5.74, 6) is 0.949. The quantitative estimate of drug-likeness (QED) is 0.447. The molecule has 1 amide bonds. The van der Waals surface area contributed by atoms with Crippen LogP contribution in [0.1, 0.15) is 18.5 Å². The Morgan fingerprint density at radius 3 is 2.44 bits per heavy atom. The van der Waals surface area contributed by atoms with Crippen LogP contribution >= 0.6 is 0 Å². The largest absolute Gasteiger partial charge is 0.508 e. The second-order valence-corrected chi connectivity index (χ2v) is 7.55. The molecule has 0 radical (unpaired) electrons. The number of rotatable bonds is 4. The number of aromatic hydroxyl groups is 1. The Balaban J connectivity index is 1.62. The van der Waals surface area contributed by atoms with E-state index in [-0.39, 0.29) is 11.7 Å². The first-order chi connectivity index (χ1) is 15.6. The molecule has 0 unspecified atom stereocenters. The summed E-state index contributed by atoms with van der Waals surface area (Å²) in [6, 6.07) is 25.3. The number of carbonyl (C=O) groups is 1. The van der Waals surface area contributed by atoms with Crippen molar-refractivity contribution in [1.82, 2.24) is 14.8 Å². The first-order valence-electron chi connectivity index (χ1n) is 10.3. The monoisotopic (exact) mass is 423 g/mol. The molecule has 0 fully saturated rings. The molecule has 5 rings (SSSR count). The van der Waals surface area contributed by atoms with Crippen LogP contribution < -0.4 is 10.6 Å². The third-order valence-electron chi connectivity index (χ3n) is 5.35. The smallest absolute Gasteiger partial charge is 0.255 e. The lowest BCUT2D eigenvalue weighted by molar-refractivity contribution is -0.113. The molecular formula is C25H21N5O2. The molecule has 0 spiro atoms. The number of phenolic OH excluding ortho intramolecular Hbond substituents is 1. The average Bonchev–Trinajstić information content (AvgIpc) is 3.23. The van der Waals surface area contributed by atoms with Gasteiger partial charge in [-0.15, -0.1) is 5.10 Å². The highest BCUT2D eigenvalue weighted by Gasteiger charge is 2.34. The first kappa shape index (κ1) is 19.6. The molecule has 1 aliphatic rings. The Labute approximate surface area is 185 Å². The second-order valence-electron chi connectivity index (χ2n) is 7.55. The van der Waals surface area contributed by atoms with Crippen molar-refractivity contribution in [1.29, 1.82) is 0 Å². The van der Waals surface area contributed by atoms with Crippen LogP contribution in [0.5, 0.6) is 5.75 Å². The second kappa shape index (κ2) is 8.03. The maximum atomic E-state index is 13.4. The van der Waals surface area contributed by atoms with Gasteiger partial charge in [0, 0.05) is 16.9 Å². The third kappa shape index (κ3) is 3.60. The molecular weight excluding hydrogens is 402 g/mol. The van der Waals surface area contributed by atoms with E-state index in [2.05, 4.69) is 15.6 Å². The lowest BCUT2D eigenvalue weighted by Crippen LogP contribution is -2.31. The molecule has 0 saturated heterocycles. The number of anilines is 2. The van der Waals surface area contributed by atoms with Gasteiger partial charge < -0.3 is 15.7 Å². The number of phenols is 1. The molecule has 0 aliphatic carbocycles. The summed E-state index contributed by atoms with van der Waals surface area (Å²) in [5.41, 5.74) is 3.47. The SMILES string of the molecule is CC1=C(C(=O)Nc2ccccc2)[C@@H](c2cccc(O)c2)n2nc(-c3ccccc3)nc2N1. The van der Waals surface area contributed by atoms with Crippen molar-refractivity contribution in [3.63, 3.8) is 0 Å². The number of nitrogens with one attached hydrogen (secondary N) is 2. The molecule has 2 heterocycles. The highest BCUT2D eigenvalue weighted by atomic mass is 16.3. The van der Waals surface area contributed by atoms with E-state index in [9.17, 15) is 9.90 Å². The van der Waals surface area contributed by atoms with Crippen molar-refractivity contribution in [2.75, 3.05) is 10.6 Å². The summed E-state index contributed by atoms with van der Waals surface area (Å²) >= 11 is 0. The molecule has 3 N–H and O–H groups in total. The summed E-state index contributed by atoms with van der Waals surface area (Å²) in [6.45, 7) is 1.84. The van der Waals surface area contributed by atoms with E-state index < -0.39 is 6.04 Å². The van der Waals surface area contributed by atoms with Gasteiger partial charge in [0.05, 0.1) is 5.57 Å². The third-order valence-corrected chi connectivity index (χ3v) is 5.35. The van der Waals surface area contributed by atoms with E-state index in [1.807, 2.05) is 73.7 Å². The summed E-state index contributed by atoms with van der Waals surface area (Å²) in [4.78, 5) is 18.1. The van der Waals surface area contributed by atoms with Gasteiger partial charge in [-0.05, 0) is 36.8 Å². The molecule has 158 valence electrons. The van der Waals surface area contributed by atoms with E-state index in [1.54, 1.807) is 22.9 Å². The molecule has 1 aliphatic heterocycles. The van der Waals surface area contributed by atoms with Gasteiger partial charge in [-0.1, -0.05) is 60.7 Å². The maximum Gasteiger partial charge on any atom is 0.255 e. The number of hydrogen-bond acceptors (Lipinski definition) is 5. The molecule has 7 heteroatoms. The summed E-state index contributed by atoms with van der Waals surface area (Å²) < 4.78 is 1.70. The van der Waals surface area contributed by atoms with Gasteiger partial charge in [0.1, 0.15) is 11.8 Å². The predicted molar refractivity (Wildman–Crippen MR) is 123 cm³/mol. The van der Waals surface area contributed by atoms with Crippen LogP contribution in [-0.2, 0) is 4.79 Å². The molecule has 1 atom stereocenters. The number of hydrogen-bond donors (Lipinski definition) is 3. The highest BCUT2D eigenvalue weighted by molar-refractivity contribution is 6.06. The predicted octanol–water partition coefficient (Wildman–Crippen LogP) is 4.58. The zero-order valence-electron chi connectivity index (χ0n) is 17.4. The van der Waals surface area contributed by atoms with Crippen molar-refractivity contribution < 1.29 is 9.90 Å². The zero-order valence-corrected chi connectivity index (χ0v) is 17.4. The number of nitrogens with zero attached hydrogens (tertiary/aromatic N) is 3. The minimum atomic E-state index is -0.563. The van der Waals surface area contributed by atoms with Gasteiger partial charge in [0.2, 0.25) is 5.95 Å². The average molecular weight is 423 g/mol. The van der Waals surface area contributed by atoms with Crippen molar-refractivity contribution in [3.8, 4) is 17.1 Å². The normalized spacial score (nSPS) is 15.1. The topological polar surface area (TPSA) is 92.1 Å². The number of allylic oxidation sites excluding steroid dienone is 1. The summed E-state index contributed by atoms with van der Waals surface area (Å²) in [7, 11) is 0. The molecule has 3 aromatic carbocycles. The van der Waals surface area contributed by atoms with Crippen LogP contribution in [-0.4, -0.2) is 25.8 Å². The van der Waals surface area contributed by atoms with Crippen LogP contribution in [0.15, 0.2) is 96.2 Å². The highest BCUT2D eigenvalue weighted by Crippen LogP contribution is 2.37. The van der Waals surface area contributed by atoms with Crippen LogP contribution in [0.3, 0.4) is 0 Å². The Morgan fingerprint density at radius 1 is 1.00 bits per heavy atom. The summed E-state index contributed by atoms with van der Waals surface area (Å²) in [6.07, 6.45) is 0. The molecule has 0 saturated carbocycles. The van der Waals surface area contributed by atoms with Gasteiger partial charge in [-0.3, -0.25) is 4.79 Å². The lowest BCUT2D eigenvalue weighted by Gasteiger charge is -2.28. The van der Waals surface area contributed by atoms with Crippen molar-refractivity contribution in [2.45, 2.75) is 13.0 Å². The number of benzene rings is 3. The van der Waals surface area contributed by atoms with E-state index in [4.69, 9.17) is 5.10 Å².